The minimum atomic E-state index is -4.37. The van der Waals surface area contributed by atoms with Gasteiger partial charge < -0.3 is 10.6 Å². The van der Waals surface area contributed by atoms with Crippen molar-refractivity contribution in [3.8, 4) is 0 Å². The second kappa shape index (κ2) is 14.6. The van der Waals surface area contributed by atoms with Gasteiger partial charge in [-0.05, 0) is 30.5 Å². The minimum Gasteiger partial charge on any atom is -0.352 e. The lowest BCUT2D eigenvalue weighted by Crippen LogP contribution is -2.24. The molecule has 0 radical (unpaired) electrons. The maximum absolute atomic E-state index is 12.2. The predicted molar refractivity (Wildman–Crippen MR) is 135 cm³/mol. The summed E-state index contributed by atoms with van der Waals surface area (Å²) >= 11 is 0. The molecule has 0 aromatic carbocycles. The van der Waals surface area contributed by atoms with Crippen LogP contribution in [0.15, 0.2) is 37.1 Å². The van der Waals surface area contributed by atoms with Gasteiger partial charge in [0.15, 0.2) is 5.65 Å². The third kappa shape index (κ3) is 12.0. The molecule has 5 rings (SSSR count). The molecule has 0 spiro atoms. The Morgan fingerprint density at radius 1 is 1.00 bits per heavy atom. The molecule has 2 aliphatic rings. The lowest BCUT2D eigenvalue weighted by Gasteiger charge is -2.20. The van der Waals surface area contributed by atoms with E-state index in [1.54, 1.807) is 12.3 Å². The summed E-state index contributed by atoms with van der Waals surface area (Å²) in [5.41, 5.74) is 1.83. The Hall–Kier alpha value is -3.71. The molecule has 40 heavy (non-hydrogen) atoms. The number of carbonyl (C=O) groups excluding carboxylic acids is 2. The first-order valence-corrected chi connectivity index (χ1v) is 13.1. The summed E-state index contributed by atoms with van der Waals surface area (Å²) in [5.74, 6) is -3.39. The van der Waals surface area contributed by atoms with Gasteiger partial charge in [-0.3, -0.25) is 9.59 Å². The zero-order valence-corrected chi connectivity index (χ0v) is 21.9. The Bertz CT molecular complexity index is 1220. The Morgan fingerprint density at radius 3 is 2.27 bits per heavy atom. The van der Waals surface area contributed by atoms with Crippen LogP contribution in [-0.2, 0) is 17.9 Å². The smallest absolute Gasteiger partial charge is 0.352 e. The van der Waals surface area contributed by atoms with Crippen LogP contribution in [0.2, 0.25) is 0 Å². The Morgan fingerprint density at radius 2 is 1.70 bits per heavy atom. The second-order valence-corrected chi connectivity index (χ2v) is 9.55. The van der Waals surface area contributed by atoms with Crippen LogP contribution >= 0.6 is 0 Å². The van der Waals surface area contributed by atoms with E-state index in [1.807, 2.05) is 0 Å². The fraction of sp³-hybridized carbons (Fsp3) is 0.538. The van der Waals surface area contributed by atoms with Crippen LogP contribution in [0, 0.1) is 0 Å². The van der Waals surface area contributed by atoms with Crippen molar-refractivity contribution < 1.29 is 31.5 Å². The lowest BCUT2D eigenvalue weighted by atomic mass is 9.97. The second-order valence-electron chi connectivity index (χ2n) is 9.55. The van der Waals surface area contributed by atoms with E-state index in [4.69, 9.17) is 0 Å². The highest BCUT2D eigenvalue weighted by Crippen LogP contribution is 2.32. The molecule has 2 fully saturated rings. The number of aromatic nitrogens is 5. The standard InChI is InChI=1S/C17H16F3N7O2.C6H10F2.C3H6/c18-17(19,20)3-1-15(28)22-6-11-5-14-26-12(9-27(14)25-7-11)8-23-16(29)13-2-4-21-10-24-13;7-6(8)4-2-1-3-5-6;1-2-3-1/h2,4-5,7,9-10H,1,3,6,8H2,(H,22,28)(H,23,29);1-5H2;1-3H2. The Balaban J connectivity index is 0.000000331. The molecule has 218 valence electrons. The minimum absolute atomic E-state index is 0.0346. The van der Waals surface area contributed by atoms with E-state index in [0.29, 0.717) is 29.7 Å². The maximum atomic E-state index is 12.2. The van der Waals surface area contributed by atoms with Crippen LogP contribution in [0.5, 0.6) is 0 Å². The molecule has 3 aromatic rings. The summed E-state index contributed by atoms with van der Waals surface area (Å²) in [6.07, 6.45) is 6.83. The molecule has 0 bridgehead atoms. The molecule has 2 aliphatic carbocycles. The summed E-state index contributed by atoms with van der Waals surface area (Å²) < 4.78 is 62.3. The summed E-state index contributed by atoms with van der Waals surface area (Å²) in [6.45, 7) is 0.183. The number of rotatable bonds is 7. The molecule has 14 heteroatoms. The first-order chi connectivity index (χ1) is 19.0. The van der Waals surface area contributed by atoms with Crippen LogP contribution in [0.25, 0.3) is 5.65 Å². The van der Waals surface area contributed by atoms with Gasteiger partial charge in [0, 0.05) is 32.0 Å². The number of carbonyl (C=O) groups is 2. The van der Waals surface area contributed by atoms with Crippen molar-refractivity contribution in [1.29, 1.82) is 0 Å². The number of hydrogen-bond acceptors (Lipinski definition) is 6. The topological polar surface area (TPSA) is 114 Å². The first-order valence-electron chi connectivity index (χ1n) is 13.1. The van der Waals surface area contributed by atoms with E-state index in [1.165, 1.54) is 48.6 Å². The zero-order chi connectivity index (χ0) is 29.0. The number of amides is 2. The van der Waals surface area contributed by atoms with Crippen molar-refractivity contribution in [2.24, 2.45) is 0 Å². The molecule has 0 saturated heterocycles. The molecule has 9 nitrogen and oxygen atoms in total. The summed E-state index contributed by atoms with van der Waals surface area (Å²) in [5, 5.41) is 9.23. The van der Waals surface area contributed by atoms with Gasteiger partial charge in [-0.2, -0.15) is 18.3 Å². The number of imidazole rings is 1. The molecule has 0 unspecified atom stereocenters. The van der Waals surface area contributed by atoms with E-state index in [2.05, 4.69) is 30.7 Å². The van der Waals surface area contributed by atoms with Gasteiger partial charge in [0.05, 0.1) is 31.1 Å². The van der Waals surface area contributed by atoms with E-state index in [9.17, 15) is 31.5 Å². The van der Waals surface area contributed by atoms with E-state index in [0.717, 1.165) is 6.42 Å². The highest BCUT2D eigenvalue weighted by Gasteiger charge is 2.30. The van der Waals surface area contributed by atoms with Crippen molar-refractivity contribution in [1.82, 2.24) is 35.2 Å². The lowest BCUT2D eigenvalue weighted by molar-refractivity contribution is -0.144. The predicted octanol–water partition coefficient (Wildman–Crippen LogP) is 5.16. The van der Waals surface area contributed by atoms with Crippen molar-refractivity contribution >= 4 is 17.5 Å². The normalized spacial score (nSPS) is 15.6. The van der Waals surface area contributed by atoms with E-state index >= 15 is 0 Å². The van der Waals surface area contributed by atoms with Crippen LogP contribution < -0.4 is 10.6 Å². The average Bonchev–Trinajstić information content (AvgIpc) is 3.75. The molecule has 0 aliphatic heterocycles. The Kier molecular flexibility index (Phi) is 11.3. The largest absolute Gasteiger partial charge is 0.389 e. The summed E-state index contributed by atoms with van der Waals surface area (Å²) in [7, 11) is 0. The molecule has 3 heterocycles. The molecule has 2 amide bonds. The van der Waals surface area contributed by atoms with Gasteiger partial charge in [0.2, 0.25) is 11.8 Å². The van der Waals surface area contributed by atoms with E-state index in [-0.39, 0.29) is 37.5 Å². The summed E-state index contributed by atoms with van der Waals surface area (Å²) in [6, 6.07) is 3.13. The molecule has 3 aromatic heterocycles. The fourth-order valence-electron chi connectivity index (χ4n) is 3.45. The zero-order valence-electron chi connectivity index (χ0n) is 21.9. The fourth-order valence-corrected chi connectivity index (χ4v) is 3.45. The van der Waals surface area contributed by atoms with Crippen molar-refractivity contribution in [2.45, 2.75) is 89.4 Å². The third-order valence-electron chi connectivity index (χ3n) is 5.74. The SMILES string of the molecule is C1CC1.FC1(F)CCCCC1.O=C(CCC(F)(F)F)NCc1cnn2cc(CNC(=O)c3ccncn3)nc2c1. The van der Waals surface area contributed by atoms with Gasteiger partial charge in [-0.1, -0.05) is 25.7 Å². The van der Waals surface area contributed by atoms with Crippen LogP contribution in [0.4, 0.5) is 22.0 Å². The number of hydrogen-bond donors (Lipinski definition) is 2. The first kappa shape index (κ1) is 30.8. The van der Waals surface area contributed by atoms with Gasteiger partial charge in [0.25, 0.3) is 5.91 Å². The van der Waals surface area contributed by atoms with Crippen molar-refractivity contribution in [3.05, 3.63) is 54.0 Å². The molecule has 2 saturated carbocycles. The Labute approximate surface area is 228 Å². The molecule has 2 N–H and O–H groups in total. The quantitative estimate of drug-likeness (QED) is 0.380. The van der Waals surface area contributed by atoms with E-state index < -0.39 is 30.8 Å². The maximum Gasteiger partial charge on any atom is 0.389 e. The number of nitrogens with one attached hydrogen (secondary N) is 2. The monoisotopic (exact) mass is 569 g/mol. The van der Waals surface area contributed by atoms with Gasteiger partial charge in [-0.25, -0.2) is 28.2 Å². The highest BCUT2D eigenvalue weighted by molar-refractivity contribution is 5.91. The van der Waals surface area contributed by atoms with Gasteiger partial charge >= 0.3 is 6.18 Å². The average molecular weight is 570 g/mol. The number of alkyl halides is 5. The number of nitrogens with zero attached hydrogens (tertiary/aromatic N) is 5. The van der Waals surface area contributed by atoms with Crippen LogP contribution in [-0.4, -0.2) is 48.5 Å². The van der Waals surface area contributed by atoms with Crippen LogP contribution in [0.3, 0.4) is 0 Å². The van der Waals surface area contributed by atoms with Crippen molar-refractivity contribution in [2.75, 3.05) is 0 Å². The number of halogens is 5. The van der Waals surface area contributed by atoms with Crippen molar-refractivity contribution in [3.63, 3.8) is 0 Å². The highest BCUT2D eigenvalue weighted by atomic mass is 19.4. The van der Waals surface area contributed by atoms with Gasteiger partial charge in [-0.15, -0.1) is 0 Å². The molecule has 0 atom stereocenters. The number of fused-ring (bicyclic) bond motifs is 1. The summed E-state index contributed by atoms with van der Waals surface area (Å²) in [4.78, 5) is 35.4. The van der Waals surface area contributed by atoms with Crippen LogP contribution in [0.1, 0.15) is 86.0 Å². The molecular formula is C26H32F5N7O2. The molecular weight excluding hydrogens is 537 g/mol. The third-order valence-corrected chi connectivity index (χ3v) is 5.74. The van der Waals surface area contributed by atoms with Gasteiger partial charge in [0.1, 0.15) is 12.0 Å².